The molecule has 0 fully saturated rings. The highest BCUT2D eigenvalue weighted by Crippen LogP contribution is 2.28. The van der Waals surface area contributed by atoms with E-state index in [0.717, 1.165) is 10.4 Å². The Morgan fingerprint density at radius 3 is 2.64 bits per heavy atom. The number of aromatic nitrogens is 2. The molecule has 146 valence electrons. The monoisotopic (exact) mass is 453 g/mol. The summed E-state index contributed by atoms with van der Waals surface area (Å²) >= 11 is 14.6. The van der Waals surface area contributed by atoms with Crippen LogP contribution in [0.2, 0.25) is 10.0 Å². The zero-order chi connectivity index (χ0) is 20.4. The molecule has 1 aromatic carbocycles. The molecule has 0 spiro atoms. The van der Waals surface area contributed by atoms with E-state index in [1.54, 1.807) is 28.8 Å². The second kappa shape index (κ2) is 8.69. The van der Waals surface area contributed by atoms with E-state index in [-0.39, 0.29) is 17.2 Å². The van der Waals surface area contributed by atoms with Crippen LogP contribution in [-0.2, 0) is 11.3 Å². The Balaban J connectivity index is 1.85. The molecule has 0 unspecified atom stereocenters. The van der Waals surface area contributed by atoms with Crippen LogP contribution in [-0.4, -0.2) is 21.2 Å². The lowest BCUT2D eigenvalue weighted by Gasteiger charge is -2.11. The van der Waals surface area contributed by atoms with Crippen LogP contribution in [0.5, 0.6) is 0 Å². The third kappa shape index (κ3) is 4.43. The number of amides is 1. The Labute approximate surface area is 180 Å². The van der Waals surface area contributed by atoms with Gasteiger partial charge in [-0.25, -0.2) is 4.98 Å². The van der Waals surface area contributed by atoms with Crippen molar-refractivity contribution in [2.24, 2.45) is 0 Å². The fraction of sp³-hybridized carbons (Fsp3) is 0.211. The summed E-state index contributed by atoms with van der Waals surface area (Å²) in [7, 11) is 0. The number of carbonyl (C=O) groups excluding carboxylic acids is 1. The minimum absolute atomic E-state index is 0.0859. The van der Waals surface area contributed by atoms with Gasteiger partial charge in [-0.05, 0) is 37.6 Å². The Morgan fingerprint density at radius 2 is 2.00 bits per heavy atom. The molecule has 0 aliphatic rings. The molecular formula is C19H17Cl2N3O2S2. The lowest BCUT2D eigenvalue weighted by atomic mass is 10.2. The molecule has 0 atom stereocenters. The summed E-state index contributed by atoms with van der Waals surface area (Å²) in [6.07, 6.45) is 1.64. The van der Waals surface area contributed by atoms with Gasteiger partial charge in [-0.15, -0.1) is 17.9 Å². The number of hydrogen-bond donors (Lipinski definition) is 1. The largest absolute Gasteiger partial charge is 0.325 e. The number of allylic oxidation sites excluding steroid dienone is 1. The van der Waals surface area contributed by atoms with Crippen molar-refractivity contribution in [3.63, 3.8) is 0 Å². The Hall–Kier alpha value is -1.80. The molecule has 0 bridgehead atoms. The lowest BCUT2D eigenvalue weighted by Crippen LogP contribution is -2.23. The van der Waals surface area contributed by atoms with E-state index in [0.29, 0.717) is 37.7 Å². The molecule has 2 aromatic heterocycles. The van der Waals surface area contributed by atoms with E-state index in [1.807, 2.05) is 13.8 Å². The quantitative estimate of drug-likeness (QED) is 0.312. The molecule has 0 saturated carbocycles. The first-order chi connectivity index (χ1) is 13.3. The molecule has 0 radical (unpaired) electrons. The van der Waals surface area contributed by atoms with E-state index in [1.165, 1.54) is 23.1 Å². The van der Waals surface area contributed by atoms with Crippen molar-refractivity contribution in [2.75, 3.05) is 11.1 Å². The van der Waals surface area contributed by atoms with Crippen LogP contribution in [0.1, 0.15) is 10.4 Å². The second-order valence-corrected chi connectivity index (χ2v) is 9.08. The first kappa shape index (κ1) is 20.9. The van der Waals surface area contributed by atoms with Crippen molar-refractivity contribution in [3.05, 3.63) is 61.7 Å². The van der Waals surface area contributed by atoms with Gasteiger partial charge < -0.3 is 5.32 Å². The highest BCUT2D eigenvalue weighted by Gasteiger charge is 2.17. The summed E-state index contributed by atoms with van der Waals surface area (Å²) in [6, 6.07) is 4.82. The van der Waals surface area contributed by atoms with Crippen LogP contribution in [0.4, 0.5) is 5.69 Å². The van der Waals surface area contributed by atoms with Gasteiger partial charge in [0.2, 0.25) is 5.91 Å². The van der Waals surface area contributed by atoms with E-state index < -0.39 is 0 Å². The van der Waals surface area contributed by atoms with Crippen molar-refractivity contribution in [1.29, 1.82) is 0 Å². The molecule has 28 heavy (non-hydrogen) atoms. The Bertz CT molecular complexity index is 1120. The lowest BCUT2D eigenvalue weighted by molar-refractivity contribution is -0.113. The third-order valence-corrected chi connectivity index (χ3v) is 6.56. The number of aryl methyl sites for hydroxylation is 2. The maximum Gasteiger partial charge on any atom is 0.263 e. The first-order valence-corrected chi connectivity index (χ1v) is 10.9. The minimum Gasteiger partial charge on any atom is -0.325 e. The molecule has 3 aromatic rings. The number of thioether (sulfide) groups is 1. The number of nitrogens with zero attached hydrogens (tertiary/aromatic N) is 2. The normalized spacial score (nSPS) is 11.0. The average molecular weight is 454 g/mol. The van der Waals surface area contributed by atoms with Gasteiger partial charge in [0.1, 0.15) is 4.83 Å². The second-order valence-electron chi connectivity index (χ2n) is 6.06. The molecule has 5 nitrogen and oxygen atoms in total. The van der Waals surface area contributed by atoms with E-state index in [9.17, 15) is 9.59 Å². The first-order valence-electron chi connectivity index (χ1n) is 8.30. The van der Waals surface area contributed by atoms with Crippen molar-refractivity contribution in [3.8, 4) is 0 Å². The van der Waals surface area contributed by atoms with Crippen molar-refractivity contribution in [2.45, 2.75) is 25.5 Å². The van der Waals surface area contributed by atoms with Gasteiger partial charge in [-0.2, -0.15) is 0 Å². The number of hydrogen-bond acceptors (Lipinski definition) is 5. The number of nitrogens with one attached hydrogen (secondary N) is 1. The Morgan fingerprint density at radius 1 is 1.32 bits per heavy atom. The van der Waals surface area contributed by atoms with Crippen molar-refractivity contribution < 1.29 is 4.79 Å². The summed E-state index contributed by atoms with van der Waals surface area (Å²) in [5.41, 5.74) is 1.35. The van der Waals surface area contributed by atoms with E-state index in [4.69, 9.17) is 23.2 Å². The predicted molar refractivity (Wildman–Crippen MR) is 119 cm³/mol. The number of carbonyl (C=O) groups is 1. The average Bonchev–Trinajstić information content (AvgIpc) is 2.89. The van der Waals surface area contributed by atoms with Gasteiger partial charge in [-0.3, -0.25) is 14.2 Å². The predicted octanol–water partition coefficient (Wildman–Crippen LogP) is 5.30. The van der Waals surface area contributed by atoms with Gasteiger partial charge in [0, 0.05) is 27.2 Å². The van der Waals surface area contributed by atoms with Gasteiger partial charge in [-0.1, -0.05) is 41.0 Å². The van der Waals surface area contributed by atoms with Crippen LogP contribution < -0.4 is 10.9 Å². The highest BCUT2D eigenvalue weighted by atomic mass is 35.5. The van der Waals surface area contributed by atoms with Crippen LogP contribution in [0.25, 0.3) is 10.2 Å². The summed E-state index contributed by atoms with van der Waals surface area (Å²) in [5, 5.41) is 4.74. The van der Waals surface area contributed by atoms with Crippen LogP contribution in [0.15, 0.2) is 40.8 Å². The molecule has 0 aliphatic heterocycles. The van der Waals surface area contributed by atoms with Crippen molar-refractivity contribution in [1.82, 2.24) is 9.55 Å². The topological polar surface area (TPSA) is 64.0 Å². The molecule has 2 heterocycles. The Kier molecular flexibility index (Phi) is 6.50. The number of rotatable bonds is 6. The number of fused-ring (bicyclic) bond motifs is 1. The van der Waals surface area contributed by atoms with Crippen molar-refractivity contribution >= 4 is 68.1 Å². The number of thiophene rings is 1. The number of halogens is 2. The zero-order valence-electron chi connectivity index (χ0n) is 15.2. The fourth-order valence-electron chi connectivity index (χ4n) is 2.66. The molecule has 0 saturated heterocycles. The maximum absolute atomic E-state index is 12.9. The maximum atomic E-state index is 12.9. The zero-order valence-corrected chi connectivity index (χ0v) is 18.4. The summed E-state index contributed by atoms with van der Waals surface area (Å²) < 4.78 is 1.54. The van der Waals surface area contributed by atoms with Gasteiger partial charge in [0.25, 0.3) is 5.56 Å². The number of anilines is 1. The van der Waals surface area contributed by atoms with Crippen LogP contribution in [0.3, 0.4) is 0 Å². The van der Waals surface area contributed by atoms with Crippen LogP contribution in [0, 0.1) is 13.8 Å². The SMILES string of the molecule is C=CCn1c(SCC(=O)Nc2cc(Cl)cc(Cl)c2)nc2sc(C)c(C)c2c1=O. The third-order valence-electron chi connectivity index (χ3n) is 4.04. The standard InChI is InChI=1S/C19H17Cl2N3O2S2/c1-4-5-24-18(26)16-10(2)11(3)28-17(16)23-19(24)27-9-15(25)22-14-7-12(20)6-13(21)8-14/h4,6-8H,1,5,9H2,2-3H3,(H,22,25). The molecule has 1 N–H and O–H groups in total. The molecule has 1 amide bonds. The minimum atomic E-state index is -0.249. The molecular weight excluding hydrogens is 437 g/mol. The van der Waals surface area contributed by atoms with Gasteiger partial charge >= 0.3 is 0 Å². The highest BCUT2D eigenvalue weighted by molar-refractivity contribution is 7.99. The molecule has 3 rings (SSSR count). The van der Waals surface area contributed by atoms with E-state index >= 15 is 0 Å². The molecule has 0 aliphatic carbocycles. The molecule has 9 heteroatoms. The summed E-state index contributed by atoms with van der Waals surface area (Å²) in [4.78, 5) is 31.6. The smallest absolute Gasteiger partial charge is 0.263 e. The van der Waals surface area contributed by atoms with E-state index in [2.05, 4.69) is 16.9 Å². The number of benzene rings is 1. The van der Waals surface area contributed by atoms with Gasteiger partial charge in [0.15, 0.2) is 5.16 Å². The fourth-order valence-corrected chi connectivity index (χ4v) is 5.07. The van der Waals surface area contributed by atoms with Gasteiger partial charge in [0.05, 0.1) is 11.1 Å². The summed E-state index contributed by atoms with van der Waals surface area (Å²) in [5.74, 6) is -0.163. The summed E-state index contributed by atoms with van der Waals surface area (Å²) in [6.45, 7) is 7.93. The van der Waals surface area contributed by atoms with Crippen LogP contribution >= 0.6 is 46.3 Å².